The molecule has 4 heteroatoms. The van der Waals surface area contributed by atoms with Gasteiger partial charge in [-0.2, -0.15) is 0 Å². The molecule has 0 aliphatic heterocycles. The number of aryl methyl sites for hydroxylation is 1. The number of benzene rings is 2. The van der Waals surface area contributed by atoms with Crippen LogP contribution in [0.4, 0.5) is 0 Å². The number of aliphatic hydroxyl groups is 1. The maximum atomic E-state index is 11.9. The van der Waals surface area contributed by atoms with Gasteiger partial charge >= 0.3 is 0 Å². The molecule has 0 radical (unpaired) electrons. The first-order valence-corrected chi connectivity index (χ1v) is 8.88. The molecule has 1 atom stereocenters. The Labute approximate surface area is 155 Å². The Morgan fingerprint density at radius 1 is 1.15 bits per heavy atom. The van der Waals surface area contributed by atoms with Gasteiger partial charge < -0.3 is 15.2 Å². The maximum absolute atomic E-state index is 11.9. The van der Waals surface area contributed by atoms with Crippen molar-refractivity contribution in [1.82, 2.24) is 5.32 Å². The van der Waals surface area contributed by atoms with Crippen molar-refractivity contribution >= 4 is 12.0 Å². The summed E-state index contributed by atoms with van der Waals surface area (Å²) in [4.78, 5) is 11.9. The molecule has 2 N–H and O–H groups in total. The molecule has 1 unspecified atom stereocenters. The van der Waals surface area contributed by atoms with Crippen molar-refractivity contribution in [3.63, 3.8) is 0 Å². The van der Waals surface area contributed by atoms with Crippen molar-refractivity contribution in [2.45, 2.75) is 32.8 Å². The predicted molar refractivity (Wildman–Crippen MR) is 105 cm³/mol. The summed E-state index contributed by atoms with van der Waals surface area (Å²) in [6.45, 7) is 6.51. The second-order valence-electron chi connectivity index (χ2n) is 6.63. The number of hydrogen-bond donors (Lipinski definition) is 2. The number of aliphatic hydroxyl groups excluding tert-OH is 1. The first-order chi connectivity index (χ1) is 12.5. The molecule has 0 aliphatic carbocycles. The molecule has 0 fully saturated rings. The van der Waals surface area contributed by atoms with Gasteiger partial charge in [-0.15, -0.1) is 0 Å². The molecule has 0 aliphatic rings. The molecule has 0 spiro atoms. The summed E-state index contributed by atoms with van der Waals surface area (Å²) < 4.78 is 5.57. The number of carbonyl (C=O) groups excluding carboxylic acids is 1. The summed E-state index contributed by atoms with van der Waals surface area (Å²) in [5.74, 6) is 0.982. The first-order valence-electron chi connectivity index (χ1n) is 8.88. The lowest BCUT2D eigenvalue weighted by Crippen LogP contribution is -2.34. The Hall–Kier alpha value is -2.59. The zero-order valence-corrected chi connectivity index (χ0v) is 15.6. The zero-order valence-electron chi connectivity index (χ0n) is 15.6. The Morgan fingerprint density at radius 2 is 1.85 bits per heavy atom. The van der Waals surface area contributed by atoms with Gasteiger partial charge in [-0.05, 0) is 41.7 Å². The van der Waals surface area contributed by atoms with Crippen LogP contribution in [-0.4, -0.2) is 30.3 Å². The monoisotopic (exact) mass is 353 g/mol. The van der Waals surface area contributed by atoms with E-state index in [-0.39, 0.29) is 19.1 Å². The minimum absolute atomic E-state index is 0.130. The quantitative estimate of drug-likeness (QED) is 0.712. The number of rotatable bonds is 8. The van der Waals surface area contributed by atoms with Crippen molar-refractivity contribution in [1.29, 1.82) is 0 Å². The number of hydrogen-bond acceptors (Lipinski definition) is 3. The Morgan fingerprint density at radius 3 is 2.50 bits per heavy atom. The molecule has 26 heavy (non-hydrogen) atoms. The van der Waals surface area contributed by atoms with Gasteiger partial charge in [0.05, 0.1) is 0 Å². The average Bonchev–Trinajstić information content (AvgIpc) is 2.64. The second-order valence-corrected chi connectivity index (χ2v) is 6.63. The van der Waals surface area contributed by atoms with E-state index >= 15 is 0 Å². The second kappa shape index (κ2) is 9.78. The van der Waals surface area contributed by atoms with E-state index in [1.165, 1.54) is 11.6 Å². The fourth-order valence-corrected chi connectivity index (χ4v) is 2.40. The summed E-state index contributed by atoms with van der Waals surface area (Å²) in [5, 5.41) is 12.6. The van der Waals surface area contributed by atoms with Gasteiger partial charge in [-0.1, -0.05) is 56.3 Å². The standard InChI is InChI=1S/C22H27NO3/c1-16(2)19-11-8-18(9-12-19)10-13-22(25)23-14-20(24)15-26-21-7-5-4-6-17(21)3/h4-13,16,20,24H,14-15H2,1-3H3,(H,23,25)/b13-10+. The highest BCUT2D eigenvalue weighted by molar-refractivity contribution is 5.91. The summed E-state index contributed by atoms with van der Waals surface area (Å²) >= 11 is 0. The number of nitrogens with one attached hydrogen (secondary N) is 1. The molecule has 2 rings (SSSR count). The molecule has 2 aromatic rings. The average molecular weight is 353 g/mol. The molecule has 138 valence electrons. The molecule has 0 saturated carbocycles. The van der Waals surface area contributed by atoms with Gasteiger partial charge in [-0.3, -0.25) is 4.79 Å². The van der Waals surface area contributed by atoms with Crippen LogP contribution >= 0.6 is 0 Å². The predicted octanol–water partition coefficient (Wildman–Crippen LogP) is 3.69. The van der Waals surface area contributed by atoms with Crippen molar-refractivity contribution in [2.24, 2.45) is 0 Å². The normalized spacial score (nSPS) is 12.3. The number of para-hydroxylation sites is 1. The largest absolute Gasteiger partial charge is 0.491 e. The summed E-state index contributed by atoms with van der Waals surface area (Å²) in [6.07, 6.45) is 2.46. The summed E-state index contributed by atoms with van der Waals surface area (Å²) in [6, 6.07) is 15.7. The van der Waals surface area contributed by atoms with E-state index in [1.807, 2.05) is 43.3 Å². The van der Waals surface area contributed by atoms with E-state index in [1.54, 1.807) is 6.08 Å². The highest BCUT2D eigenvalue weighted by atomic mass is 16.5. The van der Waals surface area contributed by atoms with Crippen LogP contribution in [0, 0.1) is 6.92 Å². The Balaban J connectivity index is 1.74. The van der Waals surface area contributed by atoms with E-state index in [2.05, 4.69) is 31.3 Å². The van der Waals surface area contributed by atoms with Crippen LogP contribution in [0.5, 0.6) is 5.75 Å². The molecule has 2 aromatic carbocycles. The minimum atomic E-state index is -0.766. The van der Waals surface area contributed by atoms with Crippen LogP contribution < -0.4 is 10.1 Å². The van der Waals surface area contributed by atoms with Crippen LogP contribution in [-0.2, 0) is 4.79 Å². The van der Waals surface area contributed by atoms with E-state index in [0.717, 1.165) is 16.9 Å². The number of amides is 1. The van der Waals surface area contributed by atoms with Crippen molar-refractivity contribution in [3.8, 4) is 5.75 Å². The molecule has 0 heterocycles. The lowest BCUT2D eigenvalue weighted by molar-refractivity contribution is -0.117. The molecule has 0 saturated heterocycles. The third kappa shape index (κ3) is 6.37. The van der Waals surface area contributed by atoms with E-state index in [0.29, 0.717) is 5.92 Å². The molecule has 0 bridgehead atoms. The summed E-state index contributed by atoms with van der Waals surface area (Å²) in [5.41, 5.74) is 3.24. The third-order valence-corrected chi connectivity index (χ3v) is 4.07. The Kier molecular flexibility index (Phi) is 7.42. The van der Waals surface area contributed by atoms with Crippen LogP contribution in [0.3, 0.4) is 0 Å². The van der Waals surface area contributed by atoms with Crippen LogP contribution in [0.25, 0.3) is 6.08 Å². The van der Waals surface area contributed by atoms with E-state index < -0.39 is 6.10 Å². The van der Waals surface area contributed by atoms with Crippen molar-refractivity contribution < 1.29 is 14.6 Å². The van der Waals surface area contributed by atoms with Crippen LogP contribution in [0.15, 0.2) is 54.6 Å². The fourth-order valence-electron chi connectivity index (χ4n) is 2.40. The smallest absolute Gasteiger partial charge is 0.244 e. The van der Waals surface area contributed by atoms with Gasteiger partial charge in [0.25, 0.3) is 0 Å². The van der Waals surface area contributed by atoms with Crippen molar-refractivity contribution in [3.05, 3.63) is 71.3 Å². The van der Waals surface area contributed by atoms with Gasteiger partial charge in [0.1, 0.15) is 18.5 Å². The lowest BCUT2D eigenvalue weighted by Gasteiger charge is -2.14. The lowest BCUT2D eigenvalue weighted by atomic mass is 10.0. The van der Waals surface area contributed by atoms with Crippen LogP contribution in [0.2, 0.25) is 0 Å². The van der Waals surface area contributed by atoms with E-state index in [9.17, 15) is 9.90 Å². The molecular formula is C22H27NO3. The topological polar surface area (TPSA) is 58.6 Å². The van der Waals surface area contributed by atoms with Crippen molar-refractivity contribution in [2.75, 3.05) is 13.2 Å². The molecule has 0 aromatic heterocycles. The molecular weight excluding hydrogens is 326 g/mol. The number of ether oxygens (including phenoxy) is 1. The minimum Gasteiger partial charge on any atom is -0.491 e. The zero-order chi connectivity index (χ0) is 18.9. The van der Waals surface area contributed by atoms with Gasteiger partial charge in [0.2, 0.25) is 5.91 Å². The first kappa shape index (κ1) is 19.7. The summed E-state index contributed by atoms with van der Waals surface area (Å²) in [7, 11) is 0. The SMILES string of the molecule is Cc1ccccc1OCC(O)CNC(=O)/C=C/c1ccc(C(C)C)cc1. The molecule has 1 amide bonds. The van der Waals surface area contributed by atoms with Gasteiger partial charge in [0.15, 0.2) is 0 Å². The fraction of sp³-hybridized carbons (Fsp3) is 0.318. The van der Waals surface area contributed by atoms with Crippen LogP contribution in [0.1, 0.15) is 36.5 Å². The maximum Gasteiger partial charge on any atom is 0.244 e. The van der Waals surface area contributed by atoms with E-state index in [4.69, 9.17) is 4.74 Å². The van der Waals surface area contributed by atoms with Gasteiger partial charge in [0, 0.05) is 12.6 Å². The highest BCUT2D eigenvalue weighted by Gasteiger charge is 2.07. The highest BCUT2D eigenvalue weighted by Crippen LogP contribution is 2.16. The van der Waals surface area contributed by atoms with Gasteiger partial charge in [-0.25, -0.2) is 0 Å². The number of carbonyl (C=O) groups is 1. The molecule has 4 nitrogen and oxygen atoms in total. The third-order valence-electron chi connectivity index (χ3n) is 4.07. The Bertz CT molecular complexity index is 735.